The molecular weight excluding hydrogens is 249 g/mol. The Morgan fingerprint density at radius 3 is 2.62 bits per heavy atom. The Balaban J connectivity index is 2.27. The molecule has 0 fully saturated rings. The van der Waals surface area contributed by atoms with Gasteiger partial charge in [0.2, 0.25) is 0 Å². The Morgan fingerprint density at radius 2 is 1.94 bits per heavy atom. The van der Waals surface area contributed by atoms with Gasteiger partial charge in [0.25, 0.3) is 0 Å². The molecule has 0 unspecified atom stereocenters. The zero-order valence-electron chi connectivity index (χ0n) is 8.02. The molecule has 2 aromatic heterocycles. The minimum atomic E-state index is 0.197. The fraction of sp³-hybridized carbons (Fsp3) is 0. The first-order valence-electron chi connectivity index (χ1n) is 4.36. The Hall–Kier alpha value is -1.52. The number of hydrogen-bond acceptors (Lipinski definition) is 4. The maximum absolute atomic E-state index is 5.91. The van der Waals surface area contributed by atoms with Crippen LogP contribution in [-0.2, 0) is 0 Å². The summed E-state index contributed by atoms with van der Waals surface area (Å²) in [6.07, 6.45) is 3.01. The molecule has 16 heavy (non-hydrogen) atoms. The molecule has 0 aliphatic rings. The second-order valence-corrected chi connectivity index (χ2v) is 3.67. The third kappa shape index (κ3) is 2.35. The quantitative estimate of drug-likeness (QED) is 0.838. The monoisotopic (exact) mass is 255 g/mol. The van der Waals surface area contributed by atoms with Crippen LogP contribution in [0.25, 0.3) is 0 Å². The number of aromatic nitrogens is 2. The standard InChI is InChI=1S/C10H7Cl2N3O/c11-9-7(3-4-14-10(9)12)16-6-1-2-8(13)15-5-6/h1-5H,(H2,13,15). The van der Waals surface area contributed by atoms with Gasteiger partial charge in [-0.2, -0.15) is 0 Å². The summed E-state index contributed by atoms with van der Waals surface area (Å²) in [5.41, 5.74) is 5.45. The highest BCUT2D eigenvalue weighted by atomic mass is 35.5. The van der Waals surface area contributed by atoms with E-state index < -0.39 is 0 Å². The first kappa shape index (κ1) is 11.0. The van der Waals surface area contributed by atoms with Crippen molar-refractivity contribution < 1.29 is 4.74 Å². The molecule has 2 N–H and O–H groups in total. The lowest BCUT2D eigenvalue weighted by Gasteiger charge is -2.07. The van der Waals surface area contributed by atoms with E-state index in [0.29, 0.717) is 17.3 Å². The lowest BCUT2D eigenvalue weighted by atomic mass is 10.4. The Labute approximate surface area is 102 Å². The van der Waals surface area contributed by atoms with Gasteiger partial charge < -0.3 is 10.5 Å². The van der Waals surface area contributed by atoms with Gasteiger partial charge in [0.15, 0.2) is 10.9 Å². The number of anilines is 1. The van der Waals surface area contributed by atoms with E-state index in [0.717, 1.165) is 0 Å². The van der Waals surface area contributed by atoms with Gasteiger partial charge in [-0.15, -0.1) is 0 Å². The van der Waals surface area contributed by atoms with E-state index in [2.05, 4.69) is 9.97 Å². The number of halogens is 2. The van der Waals surface area contributed by atoms with Crippen molar-refractivity contribution in [3.63, 3.8) is 0 Å². The largest absolute Gasteiger partial charge is 0.454 e. The highest BCUT2D eigenvalue weighted by molar-refractivity contribution is 6.42. The van der Waals surface area contributed by atoms with Crippen molar-refractivity contribution >= 4 is 29.0 Å². The van der Waals surface area contributed by atoms with E-state index in [4.69, 9.17) is 33.7 Å². The fourth-order valence-electron chi connectivity index (χ4n) is 1.06. The number of nitrogens with two attached hydrogens (primary N) is 1. The van der Waals surface area contributed by atoms with Gasteiger partial charge in [0.05, 0.1) is 6.20 Å². The second kappa shape index (κ2) is 4.55. The lowest BCUT2D eigenvalue weighted by molar-refractivity contribution is 0.480. The topological polar surface area (TPSA) is 61.0 Å². The van der Waals surface area contributed by atoms with Gasteiger partial charge in [-0.05, 0) is 12.1 Å². The molecule has 0 amide bonds. The molecule has 2 aromatic rings. The van der Waals surface area contributed by atoms with Gasteiger partial charge >= 0.3 is 0 Å². The number of ether oxygens (including phenoxy) is 1. The second-order valence-electron chi connectivity index (χ2n) is 2.93. The summed E-state index contributed by atoms with van der Waals surface area (Å²) in [6.45, 7) is 0. The van der Waals surface area contributed by atoms with Crippen LogP contribution in [0.4, 0.5) is 5.82 Å². The lowest BCUT2D eigenvalue weighted by Crippen LogP contribution is -1.91. The van der Waals surface area contributed by atoms with Crippen molar-refractivity contribution in [2.24, 2.45) is 0 Å². The molecule has 0 radical (unpaired) electrons. The van der Waals surface area contributed by atoms with Gasteiger partial charge in [0, 0.05) is 12.3 Å². The molecular formula is C10H7Cl2N3O. The zero-order valence-corrected chi connectivity index (χ0v) is 9.53. The predicted molar refractivity (Wildman–Crippen MR) is 63.0 cm³/mol. The SMILES string of the molecule is Nc1ccc(Oc2ccnc(Cl)c2Cl)cn1. The van der Waals surface area contributed by atoms with E-state index in [1.807, 2.05) is 0 Å². The van der Waals surface area contributed by atoms with Crippen molar-refractivity contribution in [2.75, 3.05) is 5.73 Å². The summed E-state index contributed by atoms with van der Waals surface area (Å²) in [6, 6.07) is 4.93. The van der Waals surface area contributed by atoms with Gasteiger partial charge in [-0.3, -0.25) is 0 Å². The van der Waals surface area contributed by atoms with Crippen LogP contribution in [0.5, 0.6) is 11.5 Å². The molecule has 2 heterocycles. The molecule has 6 heteroatoms. The third-order valence-corrected chi connectivity index (χ3v) is 2.55. The minimum absolute atomic E-state index is 0.197. The Bertz CT molecular complexity index is 502. The first-order chi connectivity index (χ1) is 7.66. The molecule has 0 aliphatic carbocycles. The van der Waals surface area contributed by atoms with Crippen LogP contribution >= 0.6 is 23.2 Å². The summed E-state index contributed by atoms with van der Waals surface area (Å²) in [4.78, 5) is 7.70. The number of pyridine rings is 2. The molecule has 4 nitrogen and oxygen atoms in total. The molecule has 0 saturated heterocycles. The highest BCUT2D eigenvalue weighted by Gasteiger charge is 2.07. The molecule has 0 aromatic carbocycles. The van der Waals surface area contributed by atoms with Crippen molar-refractivity contribution in [3.05, 3.63) is 40.8 Å². The van der Waals surface area contributed by atoms with Crippen LogP contribution in [-0.4, -0.2) is 9.97 Å². The van der Waals surface area contributed by atoms with E-state index in [9.17, 15) is 0 Å². The third-order valence-electron chi connectivity index (χ3n) is 1.80. The fourth-order valence-corrected chi connectivity index (χ4v) is 1.36. The number of rotatable bonds is 2. The van der Waals surface area contributed by atoms with Crippen LogP contribution in [0.3, 0.4) is 0 Å². The summed E-state index contributed by atoms with van der Waals surface area (Å²) >= 11 is 11.7. The van der Waals surface area contributed by atoms with Crippen LogP contribution < -0.4 is 10.5 Å². The van der Waals surface area contributed by atoms with E-state index in [1.54, 1.807) is 18.2 Å². The molecule has 0 aliphatic heterocycles. The van der Waals surface area contributed by atoms with E-state index >= 15 is 0 Å². The molecule has 0 spiro atoms. The van der Waals surface area contributed by atoms with Gasteiger partial charge in [-0.1, -0.05) is 23.2 Å². The summed E-state index contributed by atoms with van der Waals surface area (Å²) < 4.78 is 5.47. The average molecular weight is 256 g/mol. The summed E-state index contributed by atoms with van der Waals surface area (Å²) in [5, 5.41) is 0.462. The zero-order chi connectivity index (χ0) is 11.5. The normalized spacial score (nSPS) is 10.1. The number of hydrogen-bond donors (Lipinski definition) is 1. The molecule has 2 rings (SSSR count). The van der Waals surface area contributed by atoms with Crippen molar-refractivity contribution in [1.82, 2.24) is 9.97 Å². The van der Waals surface area contributed by atoms with Crippen LogP contribution in [0.2, 0.25) is 10.2 Å². The average Bonchev–Trinajstić information content (AvgIpc) is 2.28. The maximum atomic E-state index is 5.91. The molecule has 82 valence electrons. The first-order valence-corrected chi connectivity index (χ1v) is 5.12. The summed E-state index contributed by atoms with van der Waals surface area (Å²) in [7, 11) is 0. The molecule has 0 saturated carbocycles. The van der Waals surface area contributed by atoms with Crippen molar-refractivity contribution in [1.29, 1.82) is 0 Å². The van der Waals surface area contributed by atoms with Crippen molar-refractivity contribution in [3.8, 4) is 11.5 Å². The Morgan fingerprint density at radius 1 is 1.12 bits per heavy atom. The number of nitrogen functional groups attached to an aromatic ring is 1. The number of nitrogens with zero attached hydrogens (tertiary/aromatic N) is 2. The predicted octanol–water partition coefficient (Wildman–Crippen LogP) is 3.16. The summed E-state index contributed by atoms with van der Waals surface area (Å²) in [5.74, 6) is 1.37. The van der Waals surface area contributed by atoms with Gasteiger partial charge in [-0.25, -0.2) is 9.97 Å². The van der Waals surface area contributed by atoms with Crippen LogP contribution in [0.1, 0.15) is 0 Å². The van der Waals surface area contributed by atoms with Crippen molar-refractivity contribution in [2.45, 2.75) is 0 Å². The minimum Gasteiger partial charge on any atom is -0.454 e. The smallest absolute Gasteiger partial charge is 0.151 e. The van der Waals surface area contributed by atoms with Gasteiger partial charge in [0.1, 0.15) is 16.6 Å². The van der Waals surface area contributed by atoms with E-state index in [1.165, 1.54) is 12.4 Å². The molecule has 0 bridgehead atoms. The maximum Gasteiger partial charge on any atom is 0.151 e. The molecule has 0 atom stereocenters. The van der Waals surface area contributed by atoms with Crippen LogP contribution in [0.15, 0.2) is 30.6 Å². The van der Waals surface area contributed by atoms with E-state index in [-0.39, 0.29) is 10.2 Å². The van der Waals surface area contributed by atoms with Crippen LogP contribution in [0, 0.1) is 0 Å². The highest BCUT2D eigenvalue weighted by Crippen LogP contribution is 2.32. The Kier molecular flexibility index (Phi) is 3.12.